The number of rotatable bonds is 8. The number of aliphatic carboxylic acids is 1. The second-order valence-electron chi connectivity index (χ2n) is 10.1. The second-order valence-corrected chi connectivity index (χ2v) is 10.1. The normalized spacial score (nSPS) is 15.9. The van der Waals surface area contributed by atoms with Crippen molar-refractivity contribution in [2.45, 2.75) is 45.2 Å². The number of pyridine rings is 1. The van der Waals surface area contributed by atoms with Gasteiger partial charge in [-0.1, -0.05) is 11.8 Å². The molecule has 0 amide bonds. The van der Waals surface area contributed by atoms with Crippen LogP contribution in [0.1, 0.15) is 55.0 Å². The molecule has 0 spiro atoms. The summed E-state index contributed by atoms with van der Waals surface area (Å²) in [6.45, 7) is 3.08. The highest BCUT2D eigenvalue weighted by Gasteiger charge is 2.37. The van der Waals surface area contributed by atoms with Crippen molar-refractivity contribution >= 4 is 16.9 Å². The first-order valence-corrected chi connectivity index (χ1v) is 12.8. The van der Waals surface area contributed by atoms with Gasteiger partial charge in [0.2, 0.25) is 0 Å². The first kappa shape index (κ1) is 28.4. The zero-order chi connectivity index (χ0) is 28.2. The largest absolute Gasteiger partial charge is 0.497 e. The number of fused-ring (bicyclic) bond motifs is 1. The molecule has 3 aromatic rings. The minimum atomic E-state index is -1.31. The average Bonchev–Trinajstić information content (AvgIpc) is 2.90. The lowest BCUT2D eigenvalue weighted by molar-refractivity contribution is -0.141. The maximum atomic E-state index is 15.8. The van der Waals surface area contributed by atoms with Gasteiger partial charge in [0.05, 0.1) is 31.2 Å². The van der Waals surface area contributed by atoms with E-state index in [9.17, 15) is 23.1 Å². The Bertz CT molecular complexity index is 1430. The molecule has 0 aliphatic carbocycles. The Morgan fingerprint density at radius 3 is 2.64 bits per heavy atom. The Labute approximate surface area is 224 Å². The smallest absolute Gasteiger partial charge is 0.303 e. The zero-order valence-electron chi connectivity index (χ0n) is 21.9. The van der Waals surface area contributed by atoms with Crippen LogP contribution in [0.15, 0.2) is 36.5 Å². The van der Waals surface area contributed by atoms with Gasteiger partial charge in [0.25, 0.3) is 0 Å². The molecule has 1 aromatic heterocycles. The number of carboxylic acids is 1. The van der Waals surface area contributed by atoms with E-state index < -0.39 is 35.0 Å². The van der Waals surface area contributed by atoms with Gasteiger partial charge in [-0.2, -0.15) is 0 Å². The number of aromatic nitrogens is 1. The highest BCUT2D eigenvalue weighted by Crippen LogP contribution is 2.43. The molecule has 1 atom stereocenters. The van der Waals surface area contributed by atoms with Crippen molar-refractivity contribution < 1.29 is 32.2 Å². The van der Waals surface area contributed by atoms with E-state index in [-0.39, 0.29) is 24.9 Å². The third kappa shape index (κ3) is 6.69. The monoisotopic (exact) mass is 542 g/mol. The van der Waals surface area contributed by atoms with Crippen LogP contribution in [0.3, 0.4) is 0 Å². The molecule has 0 bridgehead atoms. The van der Waals surface area contributed by atoms with Crippen LogP contribution in [0, 0.1) is 41.6 Å². The van der Waals surface area contributed by atoms with Gasteiger partial charge < -0.3 is 9.84 Å². The van der Waals surface area contributed by atoms with Gasteiger partial charge in [-0.15, -0.1) is 0 Å². The van der Waals surface area contributed by atoms with Gasteiger partial charge in [0, 0.05) is 17.6 Å². The number of piperidine rings is 1. The molecule has 1 N–H and O–H groups in total. The SMILES string of the molecule is COc1ccc2ncc(C)c([C@@H](F)CCC3(CC(=O)O)CCN(CC#Cc4cc(F)cc(F)c4F)CC3)c2c1. The summed E-state index contributed by atoms with van der Waals surface area (Å²) in [5.41, 5.74) is 0.994. The Hall–Kier alpha value is -3.64. The lowest BCUT2D eigenvalue weighted by Gasteiger charge is -2.41. The predicted octanol–water partition coefficient (Wildman–Crippen LogP) is 6.37. The molecular formula is C30H30F4N2O3. The Morgan fingerprint density at radius 1 is 1.21 bits per heavy atom. The van der Waals surface area contributed by atoms with Gasteiger partial charge in [0.15, 0.2) is 11.6 Å². The number of ether oxygens (including phenoxy) is 1. The van der Waals surface area contributed by atoms with Gasteiger partial charge in [0.1, 0.15) is 17.7 Å². The van der Waals surface area contributed by atoms with E-state index in [1.165, 1.54) is 0 Å². The highest BCUT2D eigenvalue weighted by molar-refractivity contribution is 5.85. The lowest BCUT2D eigenvalue weighted by atomic mass is 9.71. The number of benzene rings is 2. The van der Waals surface area contributed by atoms with E-state index in [4.69, 9.17) is 4.74 Å². The maximum Gasteiger partial charge on any atom is 0.303 e. The fourth-order valence-electron chi connectivity index (χ4n) is 5.33. The number of halogens is 4. The zero-order valence-corrected chi connectivity index (χ0v) is 21.9. The number of alkyl halides is 1. The number of carbonyl (C=O) groups is 1. The van der Waals surface area contributed by atoms with E-state index in [0.717, 1.165) is 11.6 Å². The number of carboxylic acid groups (broad SMARTS) is 1. The van der Waals surface area contributed by atoms with Gasteiger partial charge in [-0.25, -0.2) is 17.6 Å². The van der Waals surface area contributed by atoms with Crippen LogP contribution in [0.2, 0.25) is 0 Å². The summed E-state index contributed by atoms with van der Waals surface area (Å²) in [6, 6.07) is 6.64. The van der Waals surface area contributed by atoms with Crippen molar-refractivity contribution in [1.29, 1.82) is 0 Å². The summed E-state index contributed by atoms with van der Waals surface area (Å²) in [6.07, 6.45) is 1.87. The van der Waals surface area contributed by atoms with E-state index in [1.807, 2.05) is 11.8 Å². The molecule has 39 heavy (non-hydrogen) atoms. The van der Waals surface area contributed by atoms with Crippen LogP contribution in [-0.2, 0) is 4.79 Å². The summed E-state index contributed by atoms with van der Waals surface area (Å²) < 4.78 is 61.7. The Morgan fingerprint density at radius 2 is 1.95 bits per heavy atom. The van der Waals surface area contributed by atoms with Gasteiger partial charge in [-0.3, -0.25) is 14.7 Å². The molecule has 0 radical (unpaired) electrons. The Kier molecular flexibility index (Phi) is 8.76. The van der Waals surface area contributed by atoms with Gasteiger partial charge >= 0.3 is 5.97 Å². The summed E-state index contributed by atoms with van der Waals surface area (Å²) in [5, 5.41) is 10.3. The molecule has 1 aliphatic rings. The molecule has 5 nitrogen and oxygen atoms in total. The van der Waals surface area contributed by atoms with Crippen molar-refractivity contribution in [3.8, 4) is 17.6 Å². The number of nitrogens with zero attached hydrogens (tertiary/aromatic N) is 2. The van der Waals surface area contributed by atoms with Crippen molar-refractivity contribution in [3.05, 3.63) is 70.7 Å². The molecule has 1 saturated heterocycles. The number of hydrogen-bond donors (Lipinski definition) is 1. The van der Waals surface area contributed by atoms with E-state index in [1.54, 1.807) is 31.5 Å². The highest BCUT2D eigenvalue weighted by atomic mass is 19.2. The predicted molar refractivity (Wildman–Crippen MR) is 140 cm³/mol. The van der Waals surface area contributed by atoms with Crippen LogP contribution in [0.25, 0.3) is 10.9 Å². The molecule has 2 aromatic carbocycles. The fourth-order valence-corrected chi connectivity index (χ4v) is 5.33. The molecule has 9 heteroatoms. The molecular weight excluding hydrogens is 512 g/mol. The topological polar surface area (TPSA) is 62.7 Å². The van der Waals surface area contributed by atoms with Crippen LogP contribution in [0.4, 0.5) is 17.6 Å². The Balaban J connectivity index is 1.44. The molecule has 4 rings (SSSR count). The number of likely N-dealkylation sites (tertiary alicyclic amines) is 1. The quantitative estimate of drug-likeness (QED) is 0.204. The minimum absolute atomic E-state index is 0.0725. The van der Waals surface area contributed by atoms with E-state index >= 15 is 4.39 Å². The molecule has 1 fully saturated rings. The van der Waals surface area contributed by atoms with Gasteiger partial charge in [-0.05, 0) is 86.5 Å². The van der Waals surface area contributed by atoms with Crippen molar-refractivity contribution in [2.24, 2.45) is 5.41 Å². The summed E-state index contributed by atoms with van der Waals surface area (Å²) in [4.78, 5) is 18.1. The third-order valence-electron chi connectivity index (χ3n) is 7.52. The standard InChI is InChI=1S/C30H30F4N2O3/c1-19-18-35-26-6-5-22(39-2)16-23(26)28(19)24(32)7-8-30(17-27(37)38)9-12-36(13-10-30)11-3-4-20-14-21(31)15-25(33)29(20)34/h5-6,14-16,18,24H,7-13,17H2,1-2H3,(H,37,38)/t24-/m0/s1. The van der Waals surface area contributed by atoms with Crippen LogP contribution >= 0.6 is 0 Å². The fraction of sp³-hybridized carbons (Fsp3) is 0.400. The average molecular weight is 543 g/mol. The van der Waals surface area contributed by atoms with Crippen LogP contribution < -0.4 is 4.74 Å². The number of methoxy groups -OCH3 is 1. The molecule has 0 unspecified atom stereocenters. The third-order valence-corrected chi connectivity index (χ3v) is 7.52. The summed E-state index contributed by atoms with van der Waals surface area (Å²) in [7, 11) is 1.55. The molecule has 2 heterocycles. The molecule has 1 aliphatic heterocycles. The summed E-state index contributed by atoms with van der Waals surface area (Å²) in [5.74, 6) is 1.50. The van der Waals surface area contributed by atoms with Crippen molar-refractivity contribution in [1.82, 2.24) is 9.88 Å². The van der Waals surface area contributed by atoms with Crippen LogP contribution in [0.5, 0.6) is 5.75 Å². The minimum Gasteiger partial charge on any atom is -0.497 e. The van der Waals surface area contributed by atoms with E-state index in [2.05, 4.69) is 16.8 Å². The first-order valence-electron chi connectivity index (χ1n) is 12.8. The summed E-state index contributed by atoms with van der Waals surface area (Å²) >= 11 is 0. The maximum absolute atomic E-state index is 15.8. The van der Waals surface area contributed by atoms with Crippen molar-refractivity contribution in [2.75, 3.05) is 26.7 Å². The number of aryl methyl sites for hydroxylation is 1. The van der Waals surface area contributed by atoms with Crippen molar-refractivity contribution in [3.63, 3.8) is 0 Å². The van der Waals surface area contributed by atoms with Crippen LogP contribution in [-0.4, -0.2) is 47.7 Å². The first-order chi connectivity index (χ1) is 18.6. The molecule has 0 saturated carbocycles. The molecule has 206 valence electrons. The number of hydrogen-bond acceptors (Lipinski definition) is 4. The lowest BCUT2D eigenvalue weighted by Crippen LogP contribution is -2.41. The second kappa shape index (κ2) is 12.0. The van der Waals surface area contributed by atoms with E-state index in [0.29, 0.717) is 60.6 Å².